The number of halogens is 2. The van der Waals surface area contributed by atoms with E-state index in [2.05, 4.69) is 20.9 Å². The predicted octanol–water partition coefficient (Wildman–Crippen LogP) is 3.75. The van der Waals surface area contributed by atoms with Gasteiger partial charge in [0.15, 0.2) is 0 Å². The molecule has 2 rings (SSSR count). The summed E-state index contributed by atoms with van der Waals surface area (Å²) in [5, 5.41) is 0.607. The van der Waals surface area contributed by atoms with Crippen molar-refractivity contribution in [3.63, 3.8) is 0 Å². The second-order valence-electron chi connectivity index (χ2n) is 4.17. The number of hydrogen-bond acceptors (Lipinski definition) is 3. The van der Waals surface area contributed by atoms with Gasteiger partial charge in [0.25, 0.3) is 0 Å². The highest BCUT2D eigenvalue weighted by atomic mass is 79.9. The Morgan fingerprint density at radius 2 is 2.16 bits per heavy atom. The van der Waals surface area contributed by atoms with Gasteiger partial charge in [-0.1, -0.05) is 27.5 Å². The molecule has 1 unspecified atom stereocenters. The summed E-state index contributed by atoms with van der Waals surface area (Å²) in [5.41, 5.74) is 8.03. The molecule has 3 nitrogen and oxygen atoms in total. The van der Waals surface area contributed by atoms with Crippen molar-refractivity contribution < 1.29 is 4.74 Å². The van der Waals surface area contributed by atoms with Gasteiger partial charge in [-0.2, -0.15) is 0 Å². The number of hydrogen-bond donors (Lipinski definition) is 1. The molecule has 0 aliphatic heterocycles. The summed E-state index contributed by atoms with van der Waals surface area (Å²) in [5.74, 6) is 0.826. The quantitative estimate of drug-likeness (QED) is 0.921. The molecule has 0 saturated carbocycles. The summed E-state index contributed by atoms with van der Waals surface area (Å²) in [4.78, 5) is 4.24. The Balaban J connectivity index is 2.20. The Bertz CT molecular complexity index is 560. The molecule has 2 aromatic rings. The van der Waals surface area contributed by atoms with Gasteiger partial charge >= 0.3 is 0 Å². The Kier molecular flexibility index (Phi) is 4.80. The van der Waals surface area contributed by atoms with Gasteiger partial charge < -0.3 is 10.5 Å². The van der Waals surface area contributed by atoms with Crippen molar-refractivity contribution in [3.05, 3.63) is 57.3 Å². The molecule has 0 saturated heterocycles. The van der Waals surface area contributed by atoms with Crippen LogP contribution in [0.4, 0.5) is 0 Å². The molecule has 19 heavy (non-hydrogen) atoms. The van der Waals surface area contributed by atoms with Crippen LogP contribution in [0.3, 0.4) is 0 Å². The lowest BCUT2D eigenvalue weighted by atomic mass is 10.0. The maximum Gasteiger partial charge on any atom is 0.122 e. The second kappa shape index (κ2) is 6.37. The van der Waals surface area contributed by atoms with E-state index in [1.165, 1.54) is 0 Å². The fraction of sp³-hybridized carbons (Fsp3) is 0.214. The molecular formula is C14H14BrClN2O. The first-order valence-corrected chi connectivity index (χ1v) is 6.96. The van der Waals surface area contributed by atoms with E-state index in [0.717, 1.165) is 21.5 Å². The molecule has 0 aliphatic carbocycles. The van der Waals surface area contributed by atoms with Crippen LogP contribution in [0.25, 0.3) is 0 Å². The molecule has 0 amide bonds. The summed E-state index contributed by atoms with van der Waals surface area (Å²) in [7, 11) is 1.65. The smallest absolute Gasteiger partial charge is 0.122 e. The Hall–Kier alpha value is -1.10. The number of rotatable bonds is 4. The van der Waals surface area contributed by atoms with Gasteiger partial charge in [-0.05, 0) is 42.3 Å². The topological polar surface area (TPSA) is 48.1 Å². The standard InChI is InChI=1S/C14H14BrClN2O/c1-19-14-5-2-10(15)6-9(14)7-12(17)13-4-3-11(16)8-18-13/h2-6,8,12H,7,17H2,1H3. The van der Waals surface area contributed by atoms with Crippen LogP contribution in [0.2, 0.25) is 5.02 Å². The highest BCUT2D eigenvalue weighted by molar-refractivity contribution is 9.10. The molecule has 1 atom stereocenters. The van der Waals surface area contributed by atoms with E-state index in [0.29, 0.717) is 11.4 Å². The average molecular weight is 342 g/mol. The number of benzene rings is 1. The number of nitrogens with two attached hydrogens (primary N) is 1. The lowest BCUT2D eigenvalue weighted by Crippen LogP contribution is -2.15. The first-order valence-electron chi connectivity index (χ1n) is 5.79. The summed E-state index contributed by atoms with van der Waals surface area (Å²) < 4.78 is 6.34. The van der Waals surface area contributed by atoms with Crippen molar-refractivity contribution in [3.8, 4) is 5.75 Å². The normalized spacial score (nSPS) is 12.2. The molecule has 2 N–H and O–H groups in total. The third-order valence-corrected chi connectivity index (χ3v) is 3.53. The zero-order valence-corrected chi connectivity index (χ0v) is 12.8. The number of pyridine rings is 1. The first-order chi connectivity index (χ1) is 9.10. The molecule has 5 heteroatoms. The van der Waals surface area contributed by atoms with Crippen LogP contribution < -0.4 is 10.5 Å². The molecule has 0 radical (unpaired) electrons. The number of methoxy groups -OCH3 is 1. The number of ether oxygens (including phenoxy) is 1. The van der Waals surface area contributed by atoms with E-state index in [1.54, 1.807) is 19.4 Å². The van der Waals surface area contributed by atoms with E-state index in [4.69, 9.17) is 22.1 Å². The zero-order valence-electron chi connectivity index (χ0n) is 10.4. The highest BCUT2D eigenvalue weighted by Crippen LogP contribution is 2.26. The first kappa shape index (κ1) is 14.3. The lowest BCUT2D eigenvalue weighted by Gasteiger charge is -2.14. The van der Waals surface area contributed by atoms with Gasteiger partial charge in [0, 0.05) is 10.7 Å². The SMILES string of the molecule is COc1ccc(Br)cc1CC(N)c1ccc(Cl)cn1. The van der Waals surface area contributed by atoms with Crippen LogP contribution in [-0.2, 0) is 6.42 Å². The van der Waals surface area contributed by atoms with Crippen molar-refractivity contribution in [2.75, 3.05) is 7.11 Å². The highest BCUT2D eigenvalue weighted by Gasteiger charge is 2.12. The van der Waals surface area contributed by atoms with Crippen LogP contribution in [0.1, 0.15) is 17.3 Å². The molecule has 1 aromatic carbocycles. The molecule has 0 bridgehead atoms. The minimum absolute atomic E-state index is 0.194. The van der Waals surface area contributed by atoms with Gasteiger partial charge in [0.2, 0.25) is 0 Å². The van der Waals surface area contributed by atoms with E-state index in [9.17, 15) is 0 Å². The largest absolute Gasteiger partial charge is 0.496 e. The minimum atomic E-state index is -0.194. The average Bonchev–Trinajstić information content (AvgIpc) is 2.39. The van der Waals surface area contributed by atoms with Gasteiger partial charge in [-0.3, -0.25) is 4.98 Å². The maximum absolute atomic E-state index is 6.17. The molecule has 1 heterocycles. The van der Waals surface area contributed by atoms with Gasteiger partial charge in [0.05, 0.1) is 23.9 Å². The van der Waals surface area contributed by atoms with Crippen LogP contribution in [0, 0.1) is 0 Å². The van der Waals surface area contributed by atoms with Crippen molar-refractivity contribution >= 4 is 27.5 Å². The summed E-state index contributed by atoms with van der Waals surface area (Å²) >= 11 is 9.27. The summed E-state index contributed by atoms with van der Waals surface area (Å²) in [6, 6.07) is 9.31. The monoisotopic (exact) mass is 340 g/mol. The van der Waals surface area contributed by atoms with Gasteiger partial charge in [0.1, 0.15) is 5.75 Å². The van der Waals surface area contributed by atoms with Gasteiger partial charge in [-0.25, -0.2) is 0 Å². The Morgan fingerprint density at radius 1 is 1.37 bits per heavy atom. The number of nitrogens with zero attached hydrogens (tertiary/aromatic N) is 1. The minimum Gasteiger partial charge on any atom is -0.496 e. The van der Waals surface area contributed by atoms with E-state index < -0.39 is 0 Å². The van der Waals surface area contributed by atoms with Crippen molar-refractivity contribution in [1.82, 2.24) is 4.98 Å². The molecule has 0 aliphatic rings. The van der Waals surface area contributed by atoms with Crippen molar-refractivity contribution in [2.45, 2.75) is 12.5 Å². The fourth-order valence-electron chi connectivity index (χ4n) is 1.85. The Labute approximate surface area is 125 Å². The Morgan fingerprint density at radius 3 is 2.79 bits per heavy atom. The third kappa shape index (κ3) is 3.69. The third-order valence-electron chi connectivity index (χ3n) is 2.81. The second-order valence-corrected chi connectivity index (χ2v) is 5.52. The van der Waals surface area contributed by atoms with Crippen LogP contribution in [-0.4, -0.2) is 12.1 Å². The van der Waals surface area contributed by atoms with Crippen molar-refractivity contribution in [2.24, 2.45) is 5.73 Å². The lowest BCUT2D eigenvalue weighted by molar-refractivity contribution is 0.408. The van der Waals surface area contributed by atoms with E-state index >= 15 is 0 Å². The molecular weight excluding hydrogens is 328 g/mol. The van der Waals surface area contributed by atoms with Crippen LogP contribution >= 0.6 is 27.5 Å². The molecule has 0 spiro atoms. The fourth-order valence-corrected chi connectivity index (χ4v) is 2.38. The predicted molar refractivity (Wildman–Crippen MR) is 80.6 cm³/mol. The van der Waals surface area contributed by atoms with Crippen molar-refractivity contribution in [1.29, 1.82) is 0 Å². The number of aromatic nitrogens is 1. The summed E-state index contributed by atoms with van der Waals surface area (Å²) in [6.07, 6.45) is 2.26. The molecule has 1 aromatic heterocycles. The zero-order chi connectivity index (χ0) is 13.8. The van der Waals surface area contributed by atoms with Gasteiger partial charge in [-0.15, -0.1) is 0 Å². The maximum atomic E-state index is 6.17. The van der Waals surface area contributed by atoms with E-state index in [1.807, 2.05) is 24.3 Å². The van der Waals surface area contributed by atoms with E-state index in [-0.39, 0.29) is 6.04 Å². The molecule has 0 fully saturated rings. The van der Waals surface area contributed by atoms with Crippen LogP contribution in [0.5, 0.6) is 5.75 Å². The van der Waals surface area contributed by atoms with Crippen LogP contribution in [0.15, 0.2) is 41.0 Å². The molecule has 100 valence electrons. The summed E-state index contributed by atoms with van der Waals surface area (Å²) in [6.45, 7) is 0.